The minimum atomic E-state index is -0.498. The molecule has 0 aromatic heterocycles. The molecular formula is C23H37NO. The van der Waals surface area contributed by atoms with E-state index in [0.29, 0.717) is 5.92 Å². The van der Waals surface area contributed by atoms with Crippen LogP contribution in [0.15, 0.2) is 30.3 Å². The molecule has 1 aliphatic heterocycles. The van der Waals surface area contributed by atoms with Crippen LogP contribution in [0.5, 0.6) is 0 Å². The second-order valence-corrected chi connectivity index (χ2v) is 8.55. The Bertz CT molecular complexity index is 514. The number of benzene rings is 1. The van der Waals surface area contributed by atoms with Gasteiger partial charge in [-0.1, -0.05) is 69.9 Å². The van der Waals surface area contributed by atoms with Gasteiger partial charge in [0.1, 0.15) is 0 Å². The van der Waals surface area contributed by atoms with E-state index in [1.54, 1.807) is 0 Å². The van der Waals surface area contributed by atoms with Crippen LogP contribution in [0.25, 0.3) is 0 Å². The Morgan fingerprint density at radius 1 is 1.04 bits per heavy atom. The van der Waals surface area contributed by atoms with Gasteiger partial charge in [-0.2, -0.15) is 0 Å². The van der Waals surface area contributed by atoms with Crippen LogP contribution in [-0.2, 0) is 0 Å². The van der Waals surface area contributed by atoms with E-state index in [1.165, 1.54) is 44.3 Å². The molecule has 1 aliphatic carbocycles. The van der Waals surface area contributed by atoms with Gasteiger partial charge in [-0.3, -0.25) is 0 Å². The maximum Gasteiger partial charge on any atom is 0.0722 e. The lowest BCUT2D eigenvalue weighted by molar-refractivity contribution is -0.0639. The average molecular weight is 344 g/mol. The molecule has 3 rings (SSSR count). The van der Waals surface area contributed by atoms with Gasteiger partial charge in [-0.25, -0.2) is 0 Å². The quantitative estimate of drug-likeness (QED) is 0.617. The third-order valence-corrected chi connectivity index (χ3v) is 6.80. The topological polar surface area (TPSA) is 23.5 Å². The maximum atomic E-state index is 11.9. The summed E-state index contributed by atoms with van der Waals surface area (Å²) < 4.78 is 0. The molecule has 0 radical (unpaired) electrons. The van der Waals surface area contributed by atoms with Gasteiger partial charge in [0.2, 0.25) is 0 Å². The summed E-state index contributed by atoms with van der Waals surface area (Å²) in [4.78, 5) is 2.63. The Balaban J connectivity index is 1.86. The summed E-state index contributed by atoms with van der Waals surface area (Å²) >= 11 is 0. The van der Waals surface area contributed by atoms with Crippen LogP contribution in [0.1, 0.15) is 83.1 Å². The molecule has 2 aliphatic rings. The highest BCUT2D eigenvalue weighted by Crippen LogP contribution is 2.67. The summed E-state index contributed by atoms with van der Waals surface area (Å²) in [6.45, 7) is 8.03. The Morgan fingerprint density at radius 3 is 2.20 bits per heavy atom. The fourth-order valence-electron chi connectivity index (χ4n) is 5.16. The Morgan fingerprint density at radius 2 is 1.64 bits per heavy atom. The van der Waals surface area contributed by atoms with Crippen LogP contribution < -0.4 is 0 Å². The third-order valence-electron chi connectivity index (χ3n) is 6.80. The van der Waals surface area contributed by atoms with Gasteiger partial charge in [0.25, 0.3) is 0 Å². The lowest BCUT2D eigenvalue weighted by Crippen LogP contribution is -2.47. The molecule has 1 saturated carbocycles. The lowest BCUT2D eigenvalue weighted by atomic mass is 9.74. The van der Waals surface area contributed by atoms with E-state index in [4.69, 9.17) is 0 Å². The first-order valence-electron chi connectivity index (χ1n) is 10.6. The predicted octanol–water partition coefficient (Wildman–Crippen LogP) is 5.37. The van der Waals surface area contributed by atoms with Crippen molar-refractivity contribution in [2.24, 2.45) is 5.41 Å². The molecule has 0 unspecified atom stereocenters. The molecule has 0 amide bonds. The molecule has 2 nitrogen and oxygen atoms in total. The summed E-state index contributed by atoms with van der Waals surface area (Å²) in [5.74, 6) is 0.535. The summed E-state index contributed by atoms with van der Waals surface area (Å²) in [6, 6.07) is 11.0. The molecule has 25 heavy (non-hydrogen) atoms. The minimum Gasteiger partial charge on any atom is -0.389 e. The zero-order chi connectivity index (χ0) is 17.8. The van der Waals surface area contributed by atoms with Crippen molar-refractivity contribution in [3.63, 3.8) is 0 Å². The molecular weight excluding hydrogens is 306 g/mol. The summed E-state index contributed by atoms with van der Waals surface area (Å²) in [5, 5.41) is 11.9. The first-order valence-corrected chi connectivity index (χ1v) is 10.6. The van der Waals surface area contributed by atoms with Crippen molar-refractivity contribution in [1.82, 2.24) is 4.90 Å². The van der Waals surface area contributed by atoms with Crippen LogP contribution >= 0.6 is 0 Å². The first-order chi connectivity index (χ1) is 12.1. The van der Waals surface area contributed by atoms with Gasteiger partial charge in [0.05, 0.1) is 5.60 Å². The fraction of sp³-hybridized carbons (Fsp3) is 0.739. The van der Waals surface area contributed by atoms with Gasteiger partial charge in [-0.15, -0.1) is 0 Å². The SMILES string of the molecule is CCCCC(O)(CCCC)[C@@]1(CN2CCCC2)C[C@@H]1c1ccccc1. The number of rotatable bonds is 10. The average Bonchev–Trinajstić information content (AvgIpc) is 3.15. The van der Waals surface area contributed by atoms with E-state index in [0.717, 1.165) is 38.6 Å². The van der Waals surface area contributed by atoms with Crippen LogP contribution in [0.2, 0.25) is 0 Å². The fourth-order valence-corrected chi connectivity index (χ4v) is 5.16. The van der Waals surface area contributed by atoms with E-state index < -0.39 is 5.60 Å². The lowest BCUT2D eigenvalue weighted by Gasteiger charge is -2.41. The van der Waals surface area contributed by atoms with Crippen LogP contribution in [0.3, 0.4) is 0 Å². The van der Waals surface area contributed by atoms with Crippen LogP contribution in [0.4, 0.5) is 0 Å². The van der Waals surface area contributed by atoms with E-state index in [2.05, 4.69) is 49.1 Å². The van der Waals surface area contributed by atoms with E-state index in [1.807, 2.05) is 0 Å². The Labute approximate surface area is 154 Å². The van der Waals surface area contributed by atoms with Crippen molar-refractivity contribution < 1.29 is 5.11 Å². The zero-order valence-corrected chi connectivity index (χ0v) is 16.3. The first kappa shape index (κ1) is 18.9. The number of likely N-dealkylation sites (tertiary alicyclic amines) is 1. The predicted molar refractivity (Wildman–Crippen MR) is 106 cm³/mol. The van der Waals surface area contributed by atoms with Crippen molar-refractivity contribution in [2.75, 3.05) is 19.6 Å². The monoisotopic (exact) mass is 343 g/mol. The van der Waals surface area contributed by atoms with Gasteiger partial charge in [-0.05, 0) is 56.7 Å². The Kier molecular flexibility index (Phi) is 6.22. The molecule has 1 aromatic rings. The van der Waals surface area contributed by atoms with Crippen molar-refractivity contribution in [1.29, 1.82) is 0 Å². The maximum absolute atomic E-state index is 11.9. The standard InChI is InChI=1S/C23H37NO/c1-3-5-14-23(25,15-6-4-2)22(19-24-16-10-11-17-24)18-21(22)20-12-8-7-9-13-20/h7-9,12-13,21,25H,3-6,10-11,14-19H2,1-2H3/t21-,22-/m1/s1. The second-order valence-electron chi connectivity index (χ2n) is 8.55. The van der Waals surface area contributed by atoms with Crippen molar-refractivity contribution >= 4 is 0 Å². The summed E-state index contributed by atoms with van der Waals surface area (Å²) in [7, 11) is 0. The van der Waals surface area contributed by atoms with E-state index in [9.17, 15) is 5.11 Å². The molecule has 2 heteroatoms. The molecule has 1 heterocycles. The van der Waals surface area contributed by atoms with Gasteiger partial charge >= 0.3 is 0 Å². The third kappa shape index (κ3) is 3.95. The van der Waals surface area contributed by atoms with Gasteiger partial charge < -0.3 is 10.0 Å². The molecule has 0 bridgehead atoms. The van der Waals surface area contributed by atoms with Crippen molar-refractivity contribution in [3.05, 3.63) is 35.9 Å². The highest BCUT2D eigenvalue weighted by Gasteiger charge is 2.65. The van der Waals surface area contributed by atoms with Gasteiger partial charge in [0, 0.05) is 12.0 Å². The smallest absolute Gasteiger partial charge is 0.0722 e. The van der Waals surface area contributed by atoms with Crippen molar-refractivity contribution in [3.8, 4) is 0 Å². The number of hydrogen-bond donors (Lipinski definition) is 1. The van der Waals surface area contributed by atoms with E-state index >= 15 is 0 Å². The number of unbranched alkanes of at least 4 members (excludes halogenated alkanes) is 2. The second kappa shape index (κ2) is 8.22. The highest BCUT2D eigenvalue weighted by molar-refractivity contribution is 5.34. The van der Waals surface area contributed by atoms with Crippen molar-refractivity contribution in [2.45, 2.75) is 83.2 Å². The molecule has 140 valence electrons. The van der Waals surface area contributed by atoms with E-state index in [-0.39, 0.29) is 5.41 Å². The molecule has 1 saturated heterocycles. The van der Waals surface area contributed by atoms with Gasteiger partial charge in [0.15, 0.2) is 0 Å². The summed E-state index contributed by atoms with van der Waals surface area (Å²) in [6.07, 6.45) is 10.4. The number of aliphatic hydroxyl groups is 1. The minimum absolute atomic E-state index is 0.0725. The summed E-state index contributed by atoms with van der Waals surface area (Å²) in [5.41, 5.74) is 1.01. The largest absolute Gasteiger partial charge is 0.389 e. The molecule has 0 spiro atoms. The number of hydrogen-bond acceptors (Lipinski definition) is 2. The molecule has 2 fully saturated rings. The van der Waals surface area contributed by atoms with Crippen LogP contribution in [0, 0.1) is 5.41 Å². The molecule has 1 N–H and O–H groups in total. The molecule has 2 atom stereocenters. The zero-order valence-electron chi connectivity index (χ0n) is 16.3. The Hall–Kier alpha value is -0.860. The molecule has 1 aromatic carbocycles. The number of nitrogens with zero attached hydrogens (tertiary/aromatic N) is 1. The van der Waals surface area contributed by atoms with Crippen LogP contribution in [-0.4, -0.2) is 35.2 Å². The normalized spacial score (nSPS) is 26.9. The highest BCUT2D eigenvalue weighted by atomic mass is 16.3.